The van der Waals surface area contributed by atoms with E-state index < -0.39 is 0 Å². The van der Waals surface area contributed by atoms with Crippen LogP contribution in [0, 0.1) is 11.3 Å². The zero-order valence-electron chi connectivity index (χ0n) is 12.5. The molecular weight excluding hydrogens is 331 g/mol. The van der Waals surface area contributed by atoms with Crippen molar-refractivity contribution < 1.29 is 0 Å². The van der Waals surface area contributed by atoms with E-state index in [0.717, 1.165) is 44.0 Å². The van der Waals surface area contributed by atoms with Crippen LogP contribution in [0.4, 0.5) is 11.4 Å². The van der Waals surface area contributed by atoms with Crippen LogP contribution in [0.1, 0.15) is 12.0 Å². The minimum atomic E-state index is 0.573. The first-order valence-electron chi connectivity index (χ1n) is 7.48. The molecule has 0 bridgehead atoms. The molecule has 0 spiro atoms. The summed E-state index contributed by atoms with van der Waals surface area (Å²) in [4.78, 5) is 8.46. The molecule has 0 saturated carbocycles. The quantitative estimate of drug-likeness (QED) is 0.824. The van der Waals surface area contributed by atoms with Gasteiger partial charge in [0.25, 0.3) is 0 Å². The summed E-state index contributed by atoms with van der Waals surface area (Å²) in [6.45, 7) is 3.38. The lowest BCUT2D eigenvalue weighted by Gasteiger charge is -2.26. The van der Waals surface area contributed by atoms with Gasteiger partial charge in [-0.1, -0.05) is 35.3 Å². The first-order valence-corrected chi connectivity index (χ1v) is 8.24. The van der Waals surface area contributed by atoms with Crippen LogP contribution in [0.2, 0.25) is 10.0 Å². The molecule has 0 N–H and O–H groups in total. The fraction of sp³-hybridized carbons (Fsp3) is 0.294. The van der Waals surface area contributed by atoms with Crippen molar-refractivity contribution in [2.24, 2.45) is 0 Å². The molecule has 4 nitrogen and oxygen atoms in total. The predicted octanol–water partition coefficient (Wildman–Crippen LogP) is 3.98. The zero-order valence-corrected chi connectivity index (χ0v) is 14.1. The molecule has 1 aliphatic rings. The minimum absolute atomic E-state index is 0.573. The van der Waals surface area contributed by atoms with Crippen molar-refractivity contribution in [3.63, 3.8) is 0 Å². The Morgan fingerprint density at radius 1 is 0.957 bits per heavy atom. The summed E-state index contributed by atoms with van der Waals surface area (Å²) in [6, 6.07) is 9.98. The van der Waals surface area contributed by atoms with Crippen LogP contribution in [0.5, 0.6) is 0 Å². The molecule has 1 fully saturated rings. The molecule has 23 heavy (non-hydrogen) atoms. The van der Waals surface area contributed by atoms with E-state index in [1.807, 2.05) is 24.3 Å². The molecule has 0 amide bonds. The van der Waals surface area contributed by atoms with Crippen LogP contribution < -0.4 is 9.80 Å². The first-order chi connectivity index (χ1) is 11.2. The molecule has 0 radical (unpaired) electrons. The highest BCUT2D eigenvalue weighted by Gasteiger charge is 2.20. The maximum Gasteiger partial charge on any atom is 0.101 e. The van der Waals surface area contributed by atoms with Crippen molar-refractivity contribution in [1.29, 1.82) is 5.26 Å². The average molecular weight is 347 g/mol. The van der Waals surface area contributed by atoms with Gasteiger partial charge in [0, 0.05) is 38.6 Å². The maximum atomic E-state index is 9.29. The van der Waals surface area contributed by atoms with Crippen molar-refractivity contribution in [2.45, 2.75) is 6.42 Å². The van der Waals surface area contributed by atoms with Crippen molar-refractivity contribution >= 4 is 34.6 Å². The van der Waals surface area contributed by atoms with Gasteiger partial charge in [0.2, 0.25) is 0 Å². The van der Waals surface area contributed by atoms with Gasteiger partial charge in [-0.15, -0.1) is 0 Å². The molecule has 1 aliphatic heterocycles. The highest BCUT2D eigenvalue weighted by Crippen LogP contribution is 2.33. The molecule has 1 aromatic heterocycles. The normalized spacial score (nSPS) is 15.2. The van der Waals surface area contributed by atoms with Gasteiger partial charge in [0.05, 0.1) is 27.0 Å². The van der Waals surface area contributed by atoms with Crippen LogP contribution in [0.3, 0.4) is 0 Å². The Hall–Kier alpha value is -1.96. The molecule has 2 heterocycles. The molecule has 6 heteroatoms. The standard InChI is InChI=1S/C17H16Cl2N4/c18-14-11-21-12-15(19)17(14)23-7-3-6-22(8-9-23)16-5-2-1-4-13(16)10-20/h1-2,4-5,11-12H,3,6-9H2. The topological polar surface area (TPSA) is 43.2 Å². The third kappa shape index (κ3) is 3.36. The molecule has 2 aromatic rings. The summed E-state index contributed by atoms with van der Waals surface area (Å²) in [5, 5.41) is 10.4. The number of nitrogens with zero attached hydrogens (tertiary/aromatic N) is 4. The molecule has 0 aliphatic carbocycles. The third-order valence-corrected chi connectivity index (χ3v) is 4.56. The molecule has 1 saturated heterocycles. The summed E-state index contributed by atoms with van der Waals surface area (Å²) in [7, 11) is 0. The van der Waals surface area contributed by atoms with E-state index in [1.54, 1.807) is 12.4 Å². The number of hydrogen-bond acceptors (Lipinski definition) is 4. The van der Waals surface area contributed by atoms with Gasteiger partial charge in [0.15, 0.2) is 0 Å². The van der Waals surface area contributed by atoms with Crippen LogP contribution >= 0.6 is 23.2 Å². The van der Waals surface area contributed by atoms with Crippen molar-refractivity contribution in [2.75, 3.05) is 36.0 Å². The Balaban J connectivity index is 1.82. The molecular formula is C17H16Cl2N4. The number of para-hydroxylation sites is 1. The predicted molar refractivity (Wildman–Crippen MR) is 94.5 cm³/mol. The monoisotopic (exact) mass is 346 g/mol. The first kappa shape index (κ1) is 15.9. The maximum absolute atomic E-state index is 9.29. The molecule has 0 unspecified atom stereocenters. The fourth-order valence-corrected chi connectivity index (χ4v) is 3.54. The second kappa shape index (κ2) is 7.08. The van der Waals surface area contributed by atoms with Gasteiger partial charge in [0.1, 0.15) is 6.07 Å². The van der Waals surface area contributed by atoms with Crippen molar-refractivity contribution in [1.82, 2.24) is 4.98 Å². The largest absolute Gasteiger partial charge is 0.369 e. The Bertz CT molecular complexity index is 721. The van der Waals surface area contributed by atoms with Gasteiger partial charge in [-0.3, -0.25) is 4.98 Å². The number of nitriles is 1. The number of halogens is 2. The Morgan fingerprint density at radius 3 is 2.35 bits per heavy atom. The van der Waals surface area contributed by atoms with E-state index in [2.05, 4.69) is 20.9 Å². The number of aromatic nitrogens is 1. The minimum Gasteiger partial charge on any atom is -0.369 e. The SMILES string of the molecule is N#Cc1ccccc1N1CCCN(c2c(Cl)cncc2Cl)CC1. The lowest BCUT2D eigenvalue weighted by Crippen LogP contribution is -2.31. The summed E-state index contributed by atoms with van der Waals surface area (Å²) < 4.78 is 0. The van der Waals surface area contributed by atoms with Crippen LogP contribution in [0.25, 0.3) is 0 Å². The molecule has 1 aromatic carbocycles. The number of benzene rings is 1. The van der Waals surface area contributed by atoms with Gasteiger partial charge < -0.3 is 9.80 Å². The van der Waals surface area contributed by atoms with E-state index in [4.69, 9.17) is 23.2 Å². The summed E-state index contributed by atoms with van der Waals surface area (Å²) in [6.07, 6.45) is 4.21. The van der Waals surface area contributed by atoms with Crippen LogP contribution in [-0.4, -0.2) is 31.2 Å². The lowest BCUT2D eigenvalue weighted by atomic mass is 10.1. The fourth-order valence-electron chi connectivity index (χ4n) is 2.93. The third-order valence-electron chi connectivity index (χ3n) is 4.01. The van der Waals surface area contributed by atoms with Crippen molar-refractivity contribution in [3.05, 3.63) is 52.3 Å². The van der Waals surface area contributed by atoms with E-state index in [0.29, 0.717) is 15.6 Å². The van der Waals surface area contributed by atoms with Gasteiger partial charge in [-0.25, -0.2) is 0 Å². The summed E-state index contributed by atoms with van der Waals surface area (Å²) in [5.41, 5.74) is 2.54. The van der Waals surface area contributed by atoms with Crippen molar-refractivity contribution in [3.8, 4) is 6.07 Å². The van der Waals surface area contributed by atoms with Gasteiger partial charge in [-0.2, -0.15) is 5.26 Å². The van der Waals surface area contributed by atoms with Gasteiger partial charge >= 0.3 is 0 Å². The lowest BCUT2D eigenvalue weighted by molar-refractivity contribution is 0.805. The molecule has 118 valence electrons. The van der Waals surface area contributed by atoms with E-state index >= 15 is 0 Å². The number of rotatable bonds is 2. The number of anilines is 2. The highest BCUT2D eigenvalue weighted by atomic mass is 35.5. The van der Waals surface area contributed by atoms with Crippen LogP contribution in [-0.2, 0) is 0 Å². The van der Waals surface area contributed by atoms with E-state index in [1.165, 1.54) is 0 Å². The highest BCUT2D eigenvalue weighted by molar-refractivity contribution is 6.38. The smallest absolute Gasteiger partial charge is 0.101 e. The Labute approximate surface area is 145 Å². The number of pyridine rings is 1. The van der Waals surface area contributed by atoms with Crippen LogP contribution in [0.15, 0.2) is 36.7 Å². The molecule has 3 rings (SSSR count). The Morgan fingerprint density at radius 2 is 1.61 bits per heavy atom. The number of hydrogen-bond donors (Lipinski definition) is 0. The summed E-state index contributed by atoms with van der Waals surface area (Å²) >= 11 is 12.5. The van der Waals surface area contributed by atoms with Gasteiger partial charge in [-0.05, 0) is 18.6 Å². The average Bonchev–Trinajstić information content (AvgIpc) is 2.81. The second-order valence-electron chi connectivity index (χ2n) is 5.41. The Kier molecular flexibility index (Phi) is 4.90. The van der Waals surface area contributed by atoms with E-state index in [-0.39, 0.29) is 0 Å². The second-order valence-corrected chi connectivity index (χ2v) is 6.22. The zero-order chi connectivity index (χ0) is 16.2. The summed E-state index contributed by atoms with van der Waals surface area (Å²) in [5.74, 6) is 0. The molecule has 0 atom stereocenters. The van der Waals surface area contributed by atoms with E-state index in [9.17, 15) is 5.26 Å².